The molecule has 1 aromatic carbocycles. The largest absolute Gasteiger partial charge is 0.372 e. The van der Waals surface area contributed by atoms with Crippen LogP contribution in [0.2, 0.25) is 0 Å². The van der Waals surface area contributed by atoms with Gasteiger partial charge in [0.15, 0.2) is 0 Å². The van der Waals surface area contributed by atoms with Crippen molar-refractivity contribution in [1.29, 1.82) is 0 Å². The molecule has 3 heteroatoms. The number of nitrogens with one attached hydrogen (secondary N) is 1. The van der Waals surface area contributed by atoms with Gasteiger partial charge in [-0.05, 0) is 18.5 Å². The van der Waals surface area contributed by atoms with E-state index in [-0.39, 0.29) is 18.5 Å². The molecule has 78 valence electrons. The SMILES string of the molecule is Cl.c1ccc(C2CNCCCO2)cc1. The molecule has 1 N–H and O–H groups in total. The maximum atomic E-state index is 5.73. The molecule has 0 saturated carbocycles. The summed E-state index contributed by atoms with van der Waals surface area (Å²) in [6.07, 6.45) is 1.35. The Balaban J connectivity index is 0.000000980. The zero-order valence-electron chi connectivity index (χ0n) is 8.11. The third-order valence-corrected chi connectivity index (χ3v) is 2.32. The fourth-order valence-corrected chi connectivity index (χ4v) is 1.60. The maximum absolute atomic E-state index is 5.73. The van der Waals surface area contributed by atoms with E-state index in [1.807, 2.05) is 6.07 Å². The van der Waals surface area contributed by atoms with Gasteiger partial charge in [0.2, 0.25) is 0 Å². The summed E-state index contributed by atoms with van der Waals surface area (Å²) in [5.74, 6) is 0. The van der Waals surface area contributed by atoms with Crippen LogP contribution in [0.4, 0.5) is 0 Å². The zero-order valence-corrected chi connectivity index (χ0v) is 8.93. The van der Waals surface area contributed by atoms with Crippen LogP contribution >= 0.6 is 12.4 Å². The molecular formula is C11H16ClNO. The van der Waals surface area contributed by atoms with Gasteiger partial charge in [-0.2, -0.15) is 0 Å². The van der Waals surface area contributed by atoms with Gasteiger partial charge in [0.25, 0.3) is 0 Å². The van der Waals surface area contributed by atoms with E-state index >= 15 is 0 Å². The Morgan fingerprint density at radius 3 is 2.79 bits per heavy atom. The van der Waals surface area contributed by atoms with Crippen LogP contribution in [0.15, 0.2) is 30.3 Å². The predicted octanol–water partition coefficient (Wildman–Crippen LogP) is 2.16. The lowest BCUT2D eigenvalue weighted by molar-refractivity contribution is 0.0669. The third kappa shape index (κ3) is 2.98. The maximum Gasteiger partial charge on any atom is 0.0949 e. The number of ether oxygens (including phenoxy) is 1. The first kappa shape index (κ1) is 11.5. The van der Waals surface area contributed by atoms with Gasteiger partial charge in [0.1, 0.15) is 0 Å². The lowest BCUT2D eigenvalue weighted by Crippen LogP contribution is -2.19. The Morgan fingerprint density at radius 2 is 2.00 bits per heavy atom. The molecule has 0 aromatic heterocycles. The first-order chi connectivity index (χ1) is 6.47. The van der Waals surface area contributed by atoms with E-state index in [0.29, 0.717) is 0 Å². The molecule has 0 amide bonds. The summed E-state index contributed by atoms with van der Waals surface area (Å²) in [5, 5.41) is 3.37. The standard InChI is InChI=1S/C11H15NO.ClH/c1-2-5-10(6-3-1)11-9-12-7-4-8-13-11;/h1-3,5-6,11-12H,4,7-9H2;1H. The Hall–Kier alpha value is -0.570. The predicted molar refractivity (Wildman–Crippen MR) is 59.9 cm³/mol. The molecule has 2 nitrogen and oxygen atoms in total. The van der Waals surface area contributed by atoms with Crippen molar-refractivity contribution in [3.05, 3.63) is 35.9 Å². The molecule has 1 atom stereocenters. The Bertz CT molecular complexity index is 245. The van der Waals surface area contributed by atoms with Gasteiger partial charge in [0, 0.05) is 13.2 Å². The molecular weight excluding hydrogens is 198 g/mol. The van der Waals surface area contributed by atoms with Crippen LogP contribution < -0.4 is 5.32 Å². The van der Waals surface area contributed by atoms with Crippen molar-refractivity contribution in [2.45, 2.75) is 12.5 Å². The van der Waals surface area contributed by atoms with Crippen LogP contribution in [-0.2, 0) is 4.74 Å². The van der Waals surface area contributed by atoms with Gasteiger partial charge in [-0.15, -0.1) is 12.4 Å². The number of benzene rings is 1. The van der Waals surface area contributed by atoms with E-state index in [2.05, 4.69) is 29.6 Å². The molecule has 1 saturated heterocycles. The summed E-state index contributed by atoms with van der Waals surface area (Å²) in [6, 6.07) is 10.4. The Labute approximate surface area is 91.1 Å². The highest BCUT2D eigenvalue weighted by Crippen LogP contribution is 2.17. The lowest BCUT2D eigenvalue weighted by atomic mass is 10.1. The highest BCUT2D eigenvalue weighted by Gasteiger charge is 2.13. The summed E-state index contributed by atoms with van der Waals surface area (Å²) in [5.41, 5.74) is 1.27. The van der Waals surface area contributed by atoms with Gasteiger partial charge in [-0.1, -0.05) is 30.3 Å². The van der Waals surface area contributed by atoms with Crippen LogP contribution in [0.5, 0.6) is 0 Å². The first-order valence-electron chi connectivity index (χ1n) is 4.84. The molecule has 1 aliphatic rings. The Morgan fingerprint density at radius 1 is 1.21 bits per heavy atom. The monoisotopic (exact) mass is 213 g/mol. The van der Waals surface area contributed by atoms with Crippen molar-refractivity contribution >= 4 is 12.4 Å². The van der Waals surface area contributed by atoms with E-state index in [9.17, 15) is 0 Å². The summed E-state index contributed by atoms with van der Waals surface area (Å²) >= 11 is 0. The molecule has 2 rings (SSSR count). The van der Waals surface area contributed by atoms with E-state index in [4.69, 9.17) is 4.74 Å². The van der Waals surface area contributed by atoms with Crippen LogP contribution in [-0.4, -0.2) is 19.7 Å². The number of hydrogen-bond acceptors (Lipinski definition) is 2. The van der Waals surface area contributed by atoms with Gasteiger partial charge in [0.05, 0.1) is 6.10 Å². The van der Waals surface area contributed by atoms with Crippen LogP contribution in [0.25, 0.3) is 0 Å². The van der Waals surface area contributed by atoms with Gasteiger partial charge in [-0.25, -0.2) is 0 Å². The van der Waals surface area contributed by atoms with Crippen LogP contribution in [0.1, 0.15) is 18.1 Å². The molecule has 1 heterocycles. The third-order valence-electron chi connectivity index (χ3n) is 2.32. The average Bonchev–Trinajstić information content (AvgIpc) is 2.47. The van der Waals surface area contributed by atoms with Crippen molar-refractivity contribution in [3.8, 4) is 0 Å². The minimum absolute atomic E-state index is 0. The smallest absolute Gasteiger partial charge is 0.0949 e. The molecule has 0 bridgehead atoms. The number of rotatable bonds is 1. The van der Waals surface area contributed by atoms with E-state index < -0.39 is 0 Å². The van der Waals surface area contributed by atoms with Crippen molar-refractivity contribution in [3.63, 3.8) is 0 Å². The number of halogens is 1. The zero-order chi connectivity index (χ0) is 8.93. The quantitative estimate of drug-likeness (QED) is 0.772. The van der Waals surface area contributed by atoms with Gasteiger partial charge < -0.3 is 10.1 Å². The van der Waals surface area contributed by atoms with Crippen molar-refractivity contribution < 1.29 is 4.74 Å². The van der Waals surface area contributed by atoms with Crippen molar-refractivity contribution in [2.24, 2.45) is 0 Å². The highest BCUT2D eigenvalue weighted by molar-refractivity contribution is 5.85. The lowest BCUT2D eigenvalue weighted by Gasteiger charge is -2.14. The fraction of sp³-hybridized carbons (Fsp3) is 0.455. The first-order valence-corrected chi connectivity index (χ1v) is 4.84. The van der Waals surface area contributed by atoms with E-state index in [1.54, 1.807) is 0 Å². The molecule has 1 unspecified atom stereocenters. The topological polar surface area (TPSA) is 21.3 Å². The number of hydrogen-bond donors (Lipinski definition) is 1. The fourth-order valence-electron chi connectivity index (χ4n) is 1.60. The van der Waals surface area contributed by atoms with Crippen LogP contribution in [0.3, 0.4) is 0 Å². The van der Waals surface area contributed by atoms with Crippen molar-refractivity contribution in [2.75, 3.05) is 19.7 Å². The summed E-state index contributed by atoms with van der Waals surface area (Å²) < 4.78 is 5.73. The molecule has 1 aromatic rings. The molecule has 0 spiro atoms. The second-order valence-electron chi connectivity index (χ2n) is 3.33. The second kappa shape index (κ2) is 6.02. The van der Waals surface area contributed by atoms with E-state index in [1.165, 1.54) is 5.56 Å². The summed E-state index contributed by atoms with van der Waals surface area (Å²) in [7, 11) is 0. The van der Waals surface area contributed by atoms with Gasteiger partial charge >= 0.3 is 0 Å². The second-order valence-corrected chi connectivity index (χ2v) is 3.33. The molecule has 14 heavy (non-hydrogen) atoms. The van der Waals surface area contributed by atoms with Gasteiger partial charge in [-0.3, -0.25) is 0 Å². The summed E-state index contributed by atoms with van der Waals surface area (Å²) in [4.78, 5) is 0. The minimum atomic E-state index is 0. The Kier molecular flexibility index (Phi) is 4.94. The van der Waals surface area contributed by atoms with Crippen LogP contribution in [0, 0.1) is 0 Å². The molecule has 1 aliphatic heterocycles. The van der Waals surface area contributed by atoms with Crippen molar-refractivity contribution in [1.82, 2.24) is 5.32 Å². The van der Waals surface area contributed by atoms with E-state index in [0.717, 1.165) is 26.1 Å². The highest BCUT2D eigenvalue weighted by atomic mass is 35.5. The minimum Gasteiger partial charge on any atom is -0.372 e. The summed E-state index contributed by atoms with van der Waals surface area (Å²) in [6.45, 7) is 2.87. The molecule has 0 aliphatic carbocycles. The normalized spacial score (nSPS) is 22.1. The average molecular weight is 214 g/mol. The molecule has 1 fully saturated rings. The molecule has 0 radical (unpaired) electrons.